The predicted octanol–water partition coefficient (Wildman–Crippen LogP) is 2.91. The molecule has 0 fully saturated rings. The third-order valence-corrected chi connectivity index (χ3v) is 4.19. The molecule has 0 aromatic heterocycles. The van der Waals surface area contributed by atoms with Crippen LogP contribution in [0.4, 0.5) is 10.5 Å². The van der Waals surface area contributed by atoms with Gasteiger partial charge in [-0.25, -0.2) is 4.79 Å². The van der Waals surface area contributed by atoms with E-state index in [0.29, 0.717) is 25.8 Å². The number of carbonyl (C=O) groups excluding carboxylic acids is 1. The summed E-state index contributed by atoms with van der Waals surface area (Å²) in [7, 11) is 0. The minimum absolute atomic E-state index is 0.0125. The van der Waals surface area contributed by atoms with Crippen molar-refractivity contribution in [3.8, 4) is 0 Å². The molecule has 0 bridgehead atoms. The molecule has 3 N–H and O–H groups in total. The monoisotopic (exact) mass is 385 g/mol. The Bertz CT molecular complexity index is 810. The molecule has 148 valence electrons. The van der Waals surface area contributed by atoms with Crippen LogP contribution in [0.3, 0.4) is 0 Å². The molecule has 8 heteroatoms. The molecule has 0 radical (unpaired) electrons. The molecule has 1 unspecified atom stereocenters. The lowest BCUT2D eigenvalue weighted by atomic mass is 10.0. The molecule has 0 saturated carbocycles. The van der Waals surface area contributed by atoms with Crippen LogP contribution in [-0.4, -0.2) is 34.6 Å². The van der Waals surface area contributed by atoms with Crippen molar-refractivity contribution in [1.29, 1.82) is 0 Å². The first-order valence-corrected chi connectivity index (χ1v) is 8.97. The van der Waals surface area contributed by atoms with Crippen molar-refractivity contribution in [3.63, 3.8) is 0 Å². The maximum Gasteiger partial charge on any atom is 0.315 e. The van der Waals surface area contributed by atoms with Gasteiger partial charge in [0.1, 0.15) is 0 Å². The quantitative estimate of drug-likeness (QED) is 0.429. The summed E-state index contributed by atoms with van der Waals surface area (Å²) in [6, 6.07) is 15.1. The lowest BCUT2D eigenvalue weighted by molar-refractivity contribution is -0.384. The van der Waals surface area contributed by atoms with Gasteiger partial charge in [0, 0.05) is 31.1 Å². The van der Waals surface area contributed by atoms with E-state index in [4.69, 9.17) is 5.11 Å². The highest BCUT2D eigenvalue weighted by atomic mass is 16.6. The Balaban J connectivity index is 1.85. The number of rotatable bonds is 10. The average molecular weight is 385 g/mol. The second-order valence-corrected chi connectivity index (χ2v) is 6.40. The number of nitrogens with zero attached hydrogens (tertiary/aromatic N) is 1. The molecular weight excluding hydrogens is 362 g/mol. The zero-order chi connectivity index (χ0) is 20.4. The Hall–Kier alpha value is -3.42. The van der Waals surface area contributed by atoms with E-state index in [1.54, 1.807) is 12.1 Å². The van der Waals surface area contributed by atoms with Gasteiger partial charge in [-0.3, -0.25) is 14.9 Å². The van der Waals surface area contributed by atoms with Crippen molar-refractivity contribution in [2.45, 2.75) is 31.7 Å². The summed E-state index contributed by atoms with van der Waals surface area (Å²) < 4.78 is 0. The molecule has 0 aliphatic heterocycles. The van der Waals surface area contributed by atoms with Gasteiger partial charge in [0.25, 0.3) is 5.69 Å². The van der Waals surface area contributed by atoms with Crippen LogP contribution in [0.25, 0.3) is 0 Å². The smallest absolute Gasteiger partial charge is 0.315 e. The zero-order valence-electron chi connectivity index (χ0n) is 15.3. The van der Waals surface area contributed by atoms with Crippen LogP contribution in [0.15, 0.2) is 54.6 Å². The molecule has 0 saturated heterocycles. The molecule has 28 heavy (non-hydrogen) atoms. The lowest BCUT2D eigenvalue weighted by Gasteiger charge is -2.18. The fourth-order valence-electron chi connectivity index (χ4n) is 2.80. The van der Waals surface area contributed by atoms with Crippen molar-refractivity contribution in [1.82, 2.24) is 10.6 Å². The van der Waals surface area contributed by atoms with Crippen molar-refractivity contribution >= 4 is 17.7 Å². The Morgan fingerprint density at radius 1 is 1.07 bits per heavy atom. The molecule has 1 atom stereocenters. The maximum absolute atomic E-state index is 12.2. The van der Waals surface area contributed by atoms with E-state index in [1.165, 1.54) is 12.1 Å². The van der Waals surface area contributed by atoms with Crippen LogP contribution in [0.2, 0.25) is 0 Å². The minimum Gasteiger partial charge on any atom is -0.481 e. The second-order valence-electron chi connectivity index (χ2n) is 6.40. The van der Waals surface area contributed by atoms with Crippen LogP contribution in [0, 0.1) is 10.1 Å². The summed E-state index contributed by atoms with van der Waals surface area (Å²) in [5, 5.41) is 25.2. The summed E-state index contributed by atoms with van der Waals surface area (Å²) in [6.07, 6.45) is 1.27. The van der Waals surface area contributed by atoms with Gasteiger partial charge in [0.2, 0.25) is 0 Å². The second kappa shape index (κ2) is 10.7. The molecule has 0 aliphatic carbocycles. The van der Waals surface area contributed by atoms with E-state index in [2.05, 4.69) is 10.6 Å². The number of aliphatic carboxylic acids is 1. The van der Waals surface area contributed by atoms with Crippen LogP contribution in [0.5, 0.6) is 0 Å². The van der Waals surface area contributed by atoms with Gasteiger partial charge in [-0.2, -0.15) is 0 Å². The van der Waals surface area contributed by atoms with Crippen molar-refractivity contribution in [2.75, 3.05) is 6.54 Å². The third-order valence-electron chi connectivity index (χ3n) is 4.19. The number of carboxylic acids is 1. The van der Waals surface area contributed by atoms with Gasteiger partial charge >= 0.3 is 12.0 Å². The molecule has 8 nitrogen and oxygen atoms in total. The Morgan fingerprint density at radius 2 is 1.79 bits per heavy atom. The van der Waals surface area contributed by atoms with Gasteiger partial charge in [-0.1, -0.05) is 42.5 Å². The fraction of sp³-hybridized carbons (Fsp3) is 0.300. The minimum atomic E-state index is -0.911. The summed E-state index contributed by atoms with van der Waals surface area (Å²) in [4.78, 5) is 33.4. The fourth-order valence-corrected chi connectivity index (χ4v) is 2.80. The van der Waals surface area contributed by atoms with Crippen LogP contribution < -0.4 is 10.6 Å². The lowest BCUT2D eigenvalue weighted by Crippen LogP contribution is -2.44. The molecule has 2 aromatic carbocycles. The number of hydrogen-bond donors (Lipinski definition) is 3. The van der Waals surface area contributed by atoms with Gasteiger partial charge < -0.3 is 15.7 Å². The van der Waals surface area contributed by atoms with E-state index in [9.17, 15) is 19.7 Å². The molecule has 0 aliphatic rings. The van der Waals surface area contributed by atoms with Crippen LogP contribution >= 0.6 is 0 Å². The highest BCUT2D eigenvalue weighted by Gasteiger charge is 2.15. The number of hydrogen-bond acceptors (Lipinski definition) is 4. The largest absolute Gasteiger partial charge is 0.481 e. The van der Waals surface area contributed by atoms with Gasteiger partial charge in [-0.15, -0.1) is 0 Å². The normalized spacial score (nSPS) is 11.4. The van der Waals surface area contributed by atoms with Crippen LogP contribution in [-0.2, 0) is 17.6 Å². The van der Waals surface area contributed by atoms with Crippen molar-refractivity contribution in [3.05, 3.63) is 75.8 Å². The summed E-state index contributed by atoms with van der Waals surface area (Å²) in [5.41, 5.74) is 1.77. The number of nitro groups is 1. The molecule has 2 amide bonds. The van der Waals surface area contributed by atoms with E-state index in [-0.39, 0.29) is 18.2 Å². The summed E-state index contributed by atoms with van der Waals surface area (Å²) in [5.74, 6) is -0.911. The molecule has 0 spiro atoms. The number of nitro benzene ring substituents is 1. The molecule has 2 aromatic rings. The third kappa shape index (κ3) is 7.45. The van der Waals surface area contributed by atoms with E-state index in [0.717, 1.165) is 11.1 Å². The number of carboxylic acid groups (broad SMARTS) is 1. The van der Waals surface area contributed by atoms with E-state index in [1.807, 2.05) is 30.3 Å². The van der Waals surface area contributed by atoms with Crippen LogP contribution in [0.1, 0.15) is 24.0 Å². The SMILES string of the molecule is O=C(O)CCC(Cc1ccccc1)NC(=O)NCCc1cccc([N+](=O)[O-])c1. The highest BCUT2D eigenvalue weighted by molar-refractivity contribution is 5.74. The summed E-state index contributed by atoms with van der Waals surface area (Å²) in [6.45, 7) is 0.310. The number of benzene rings is 2. The number of amides is 2. The van der Waals surface area contributed by atoms with Gasteiger partial charge in [-0.05, 0) is 30.4 Å². The number of urea groups is 1. The Labute approximate surface area is 162 Å². The number of nitrogens with one attached hydrogen (secondary N) is 2. The van der Waals surface area contributed by atoms with Gasteiger partial charge in [0.05, 0.1) is 4.92 Å². The Morgan fingerprint density at radius 3 is 2.46 bits per heavy atom. The molecule has 2 rings (SSSR count). The zero-order valence-corrected chi connectivity index (χ0v) is 15.3. The Kier molecular flexibility index (Phi) is 7.95. The topological polar surface area (TPSA) is 122 Å². The standard InChI is InChI=1S/C20H23N3O5/c24-19(25)10-9-17(13-15-5-2-1-3-6-15)22-20(26)21-12-11-16-7-4-8-18(14-16)23(27)28/h1-8,14,17H,9-13H2,(H,24,25)(H2,21,22,26). The van der Waals surface area contributed by atoms with Gasteiger partial charge in [0.15, 0.2) is 0 Å². The average Bonchev–Trinajstić information content (AvgIpc) is 2.67. The van der Waals surface area contributed by atoms with E-state index < -0.39 is 16.9 Å². The first-order chi connectivity index (χ1) is 13.4. The summed E-state index contributed by atoms with van der Waals surface area (Å²) >= 11 is 0. The van der Waals surface area contributed by atoms with Crippen molar-refractivity contribution < 1.29 is 19.6 Å². The first kappa shape index (κ1) is 20.9. The van der Waals surface area contributed by atoms with Crippen molar-refractivity contribution in [2.24, 2.45) is 0 Å². The first-order valence-electron chi connectivity index (χ1n) is 8.97. The highest BCUT2D eigenvalue weighted by Crippen LogP contribution is 2.13. The number of non-ortho nitro benzene ring substituents is 1. The molecule has 0 heterocycles. The van der Waals surface area contributed by atoms with E-state index >= 15 is 0 Å². The predicted molar refractivity (Wildman–Crippen MR) is 104 cm³/mol. The number of carbonyl (C=O) groups is 2. The molecular formula is C20H23N3O5. The maximum atomic E-state index is 12.2.